The maximum atomic E-state index is 12.1. The van der Waals surface area contributed by atoms with Gasteiger partial charge in [0.2, 0.25) is 0 Å². The fourth-order valence-corrected chi connectivity index (χ4v) is 1.87. The first-order valence-corrected chi connectivity index (χ1v) is 6.51. The molecular formula is C17H15NO3. The summed E-state index contributed by atoms with van der Waals surface area (Å²) in [4.78, 5) is 22.2. The number of benzene rings is 2. The lowest BCUT2D eigenvalue weighted by Crippen LogP contribution is -1.95. The van der Waals surface area contributed by atoms with E-state index in [1.807, 2.05) is 26.0 Å². The van der Waals surface area contributed by atoms with Crippen LogP contribution in [-0.4, -0.2) is 10.7 Å². The van der Waals surface area contributed by atoms with E-state index in [4.69, 9.17) is 0 Å². The molecule has 0 bridgehead atoms. The van der Waals surface area contributed by atoms with Crippen molar-refractivity contribution in [1.82, 2.24) is 0 Å². The lowest BCUT2D eigenvalue weighted by atomic mass is 10.0. The molecule has 0 spiro atoms. The van der Waals surface area contributed by atoms with Gasteiger partial charge >= 0.3 is 0 Å². The predicted octanol–water partition coefficient (Wildman–Crippen LogP) is 4.11. The molecule has 0 heterocycles. The summed E-state index contributed by atoms with van der Waals surface area (Å²) >= 11 is 0. The van der Waals surface area contributed by atoms with E-state index in [0.29, 0.717) is 5.56 Å². The summed E-state index contributed by atoms with van der Waals surface area (Å²) in [6.07, 6.45) is 3.13. The second kappa shape index (κ2) is 6.13. The monoisotopic (exact) mass is 281 g/mol. The van der Waals surface area contributed by atoms with Crippen molar-refractivity contribution in [3.8, 4) is 0 Å². The Bertz CT molecular complexity index is 715. The summed E-state index contributed by atoms with van der Waals surface area (Å²) < 4.78 is 0. The fraction of sp³-hybridized carbons (Fsp3) is 0.118. The van der Waals surface area contributed by atoms with Crippen molar-refractivity contribution in [3.05, 3.63) is 80.9 Å². The van der Waals surface area contributed by atoms with Gasteiger partial charge in [0.1, 0.15) is 0 Å². The molecule has 106 valence electrons. The van der Waals surface area contributed by atoms with Gasteiger partial charge in [0.05, 0.1) is 4.92 Å². The molecule has 21 heavy (non-hydrogen) atoms. The number of carbonyl (C=O) groups excluding carboxylic acids is 1. The molecule has 0 aliphatic heterocycles. The van der Waals surface area contributed by atoms with Crippen LogP contribution in [0.15, 0.2) is 48.5 Å². The molecule has 0 amide bonds. The van der Waals surface area contributed by atoms with E-state index in [9.17, 15) is 14.9 Å². The molecule has 0 aromatic heterocycles. The molecule has 0 atom stereocenters. The SMILES string of the molecule is Cc1ccc(C(=O)/C=C/c2ccc([N+](=O)[O-])cc2)cc1C. The number of carbonyl (C=O) groups is 1. The Morgan fingerprint density at radius 3 is 2.29 bits per heavy atom. The van der Waals surface area contributed by atoms with E-state index >= 15 is 0 Å². The first-order chi connectivity index (χ1) is 9.97. The highest BCUT2D eigenvalue weighted by Gasteiger charge is 2.04. The zero-order valence-electron chi connectivity index (χ0n) is 11.9. The van der Waals surface area contributed by atoms with Crippen molar-refractivity contribution < 1.29 is 9.72 Å². The molecule has 0 saturated carbocycles. The molecule has 0 radical (unpaired) electrons. The van der Waals surface area contributed by atoms with Gasteiger partial charge in [0.15, 0.2) is 5.78 Å². The molecule has 4 nitrogen and oxygen atoms in total. The number of nitro groups is 1. The van der Waals surface area contributed by atoms with Gasteiger partial charge in [-0.15, -0.1) is 0 Å². The fourth-order valence-electron chi connectivity index (χ4n) is 1.87. The summed E-state index contributed by atoms with van der Waals surface area (Å²) in [7, 11) is 0. The third-order valence-electron chi connectivity index (χ3n) is 3.32. The van der Waals surface area contributed by atoms with Crippen LogP contribution in [0.5, 0.6) is 0 Å². The minimum absolute atomic E-state index is 0.0348. The van der Waals surface area contributed by atoms with Gasteiger partial charge < -0.3 is 0 Å². The van der Waals surface area contributed by atoms with Crippen LogP contribution in [-0.2, 0) is 0 Å². The van der Waals surface area contributed by atoms with Crippen LogP contribution in [0, 0.1) is 24.0 Å². The van der Waals surface area contributed by atoms with E-state index in [2.05, 4.69) is 0 Å². The van der Waals surface area contributed by atoms with Crippen LogP contribution in [0.1, 0.15) is 27.0 Å². The summed E-state index contributed by atoms with van der Waals surface area (Å²) in [6.45, 7) is 3.96. The van der Waals surface area contributed by atoms with Crippen LogP contribution in [0.2, 0.25) is 0 Å². The van der Waals surface area contributed by atoms with Gasteiger partial charge in [-0.25, -0.2) is 0 Å². The van der Waals surface area contributed by atoms with Crippen LogP contribution in [0.4, 0.5) is 5.69 Å². The van der Waals surface area contributed by atoms with E-state index in [1.54, 1.807) is 24.3 Å². The zero-order valence-corrected chi connectivity index (χ0v) is 11.9. The van der Waals surface area contributed by atoms with E-state index < -0.39 is 4.92 Å². The Kier molecular flexibility index (Phi) is 4.28. The van der Waals surface area contributed by atoms with Crippen molar-refractivity contribution in [2.24, 2.45) is 0 Å². The molecule has 0 unspecified atom stereocenters. The number of ketones is 1. The molecule has 0 N–H and O–H groups in total. The highest BCUT2D eigenvalue weighted by Crippen LogP contribution is 2.14. The lowest BCUT2D eigenvalue weighted by Gasteiger charge is -2.01. The number of nitrogens with zero attached hydrogens (tertiary/aromatic N) is 1. The Balaban J connectivity index is 2.14. The standard InChI is InChI=1S/C17H15NO3/c1-12-3-7-15(11-13(12)2)17(19)10-6-14-4-8-16(9-5-14)18(20)21/h3-11H,1-2H3/b10-6+. The van der Waals surface area contributed by atoms with Crippen molar-refractivity contribution in [3.63, 3.8) is 0 Å². The number of hydrogen-bond donors (Lipinski definition) is 0. The van der Waals surface area contributed by atoms with E-state index in [-0.39, 0.29) is 11.5 Å². The Hall–Kier alpha value is -2.75. The van der Waals surface area contributed by atoms with Gasteiger partial charge in [-0.05, 0) is 54.8 Å². The maximum Gasteiger partial charge on any atom is 0.269 e. The third-order valence-corrected chi connectivity index (χ3v) is 3.32. The van der Waals surface area contributed by atoms with Gasteiger partial charge in [0, 0.05) is 17.7 Å². The summed E-state index contributed by atoms with van der Waals surface area (Å²) in [5.41, 5.74) is 3.64. The smallest absolute Gasteiger partial charge is 0.269 e. The molecule has 2 aromatic rings. The van der Waals surface area contributed by atoms with E-state index in [1.165, 1.54) is 18.2 Å². The summed E-state index contributed by atoms with van der Waals surface area (Å²) in [5, 5.41) is 10.6. The Morgan fingerprint density at radius 2 is 1.71 bits per heavy atom. The van der Waals surface area contributed by atoms with Gasteiger partial charge in [-0.2, -0.15) is 0 Å². The van der Waals surface area contributed by atoms with Gasteiger partial charge in [0.25, 0.3) is 5.69 Å². The highest BCUT2D eigenvalue weighted by atomic mass is 16.6. The Morgan fingerprint density at radius 1 is 1.05 bits per heavy atom. The molecular weight excluding hydrogens is 266 g/mol. The van der Waals surface area contributed by atoms with Gasteiger partial charge in [-0.1, -0.05) is 18.2 Å². The van der Waals surface area contributed by atoms with Crippen LogP contribution in [0.25, 0.3) is 6.08 Å². The second-order valence-electron chi connectivity index (χ2n) is 4.85. The molecule has 0 aliphatic carbocycles. The topological polar surface area (TPSA) is 60.2 Å². The quantitative estimate of drug-likeness (QED) is 0.367. The predicted molar refractivity (Wildman–Crippen MR) is 82.4 cm³/mol. The number of hydrogen-bond acceptors (Lipinski definition) is 3. The average molecular weight is 281 g/mol. The van der Waals surface area contributed by atoms with Crippen LogP contribution >= 0.6 is 0 Å². The van der Waals surface area contributed by atoms with Crippen molar-refractivity contribution >= 4 is 17.5 Å². The molecule has 2 aromatic carbocycles. The van der Waals surface area contributed by atoms with Crippen molar-refractivity contribution in [1.29, 1.82) is 0 Å². The maximum absolute atomic E-state index is 12.1. The molecule has 4 heteroatoms. The minimum atomic E-state index is -0.451. The summed E-state index contributed by atoms with van der Waals surface area (Å²) in [6, 6.07) is 11.6. The minimum Gasteiger partial charge on any atom is -0.289 e. The normalized spacial score (nSPS) is 10.8. The second-order valence-corrected chi connectivity index (χ2v) is 4.85. The zero-order chi connectivity index (χ0) is 15.4. The average Bonchev–Trinajstić information content (AvgIpc) is 2.48. The first kappa shape index (κ1) is 14.7. The summed E-state index contributed by atoms with van der Waals surface area (Å²) in [5.74, 6) is -0.0866. The molecule has 0 saturated heterocycles. The van der Waals surface area contributed by atoms with E-state index in [0.717, 1.165) is 16.7 Å². The number of nitro benzene ring substituents is 1. The number of rotatable bonds is 4. The van der Waals surface area contributed by atoms with Crippen molar-refractivity contribution in [2.45, 2.75) is 13.8 Å². The van der Waals surface area contributed by atoms with Gasteiger partial charge in [-0.3, -0.25) is 14.9 Å². The van der Waals surface area contributed by atoms with Crippen molar-refractivity contribution in [2.75, 3.05) is 0 Å². The first-order valence-electron chi connectivity index (χ1n) is 6.51. The number of allylic oxidation sites excluding steroid dienone is 1. The lowest BCUT2D eigenvalue weighted by molar-refractivity contribution is -0.384. The third kappa shape index (κ3) is 3.63. The Labute approximate surface area is 122 Å². The van der Waals surface area contributed by atoms with Crippen LogP contribution in [0.3, 0.4) is 0 Å². The molecule has 2 rings (SSSR count). The highest BCUT2D eigenvalue weighted by molar-refractivity contribution is 6.06. The largest absolute Gasteiger partial charge is 0.289 e. The van der Waals surface area contributed by atoms with Crippen LogP contribution < -0.4 is 0 Å². The molecule has 0 fully saturated rings. The number of non-ortho nitro benzene ring substituents is 1. The molecule has 0 aliphatic rings. The number of aryl methyl sites for hydroxylation is 2.